The van der Waals surface area contributed by atoms with Crippen molar-refractivity contribution in [3.63, 3.8) is 0 Å². The summed E-state index contributed by atoms with van der Waals surface area (Å²) in [5, 5.41) is 11.5. The number of hydrogen-bond donors (Lipinski definition) is 1. The molecule has 1 aliphatic heterocycles. The summed E-state index contributed by atoms with van der Waals surface area (Å²) in [6.45, 7) is 0.714. The van der Waals surface area contributed by atoms with Crippen LogP contribution in [0.3, 0.4) is 0 Å². The van der Waals surface area contributed by atoms with Crippen LogP contribution >= 0.6 is 11.3 Å². The SMILES string of the molecule is O=C(/C=C/c1ccc(O)cc1)N1CCc2sccc2C1c1ccccc1. The Hall–Kier alpha value is -2.85. The van der Waals surface area contributed by atoms with E-state index in [1.807, 2.05) is 23.1 Å². The van der Waals surface area contributed by atoms with Crippen molar-refractivity contribution in [2.45, 2.75) is 12.5 Å². The summed E-state index contributed by atoms with van der Waals surface area (Å²) < 4.78 is 0. The first-order valence-electron chi connectivity index (χ1n) is 8.61. The van der Waals surface area contributed by atoms with Crippen LogP contribution in [0.5, 0.6) is 5.75 Å². The summed E-state index contributed by atoms with van der Waals surface area (Å²) in [4.78, 5) is 16.3. The van der Waals surface area contributed by atoms with Crippen LogP contribution in [0.25, 0.3) is 6.08 Å². The molecule has 1 amide bonds. The number of carbonyl (C=O) groups is 1. The van der Waals surface area contributed by atoms with Crippen LogP contribution in [0.15, 0.2) is 72.1 Å². The first-order chi connectivity index (χ1) is 12.7. The Kier molecular flexibility index (Phi) is 4.59. The molecule has 130 valence electrons. The van der Waals surface area contributed by atoms with Crippen molar-refractivity contribution in [3.05, 3.63) is 93.7 Å². The number of hydrogen-bond acceptors (Lipinski definition) is 3. The highest BCUT2D eigenvalue weighted by Gasteiger charge is 2.31. The van der Waals surface area contributed by atoms with Gasteiger partial charge < -0.3 is 10.0 Å². The zero-order valence-corrected chi connectivity index (χ0v) is 15.0. The molecule has 0 bridgehead atoms. The second-order valence-electron chi connectivity index (χ2n) is 6.32. The highest BCUT2D eigenvalue weighted by molar-refractivity contribution is 7.10. The smallest absolute Gasteiger partial charge is 0.247 e. The Morgan fingerprint density at radius 1 is 1.08 bits per heavy atom. The van der Waals surface area contributed by atoms with Gasteiger partial charge in [0.05, 0.1) is 6.04 Å². The molecule has 3 aromatic rings. The first kappa shape index (κ1) is 16.6. The van der Waals surface area contributed by atoms with Crippen LogP contribution in [0.2, 0.25) is 0 Å². The molecule has 26 heavy (non-hydrogen) atoms. The molecule has 2 aromatic carbocycles. The van der Waals surface area contributed by atoms with Crippen molar-refractivity contribution in [3.8, 4) is 5.75 Å². The predicted molar refractivity (Wildman–Crippen MR) is 105 cm³/mol. The Labute approximate surface area is 156 Å². The zero-order chi connectivity index (χ0) is 17.9. The van der Waals surface area contributed by atoms with Crippen molar-refractivity contribution in [2.24, 2.45) is 0 Å². The van der Waals surface area contributed by atoms with Gasteiger partial charge in [0.2, 0.25) is 5.91 Å². The third-order valence-electron chi connectivity index (χ3n) is 4.68. The van der Waals surface area contributed by atoms with E-state index in [4.69, 9.17) is 0 Å². The Bertz CT molecular complexity index is 928. The van der Waals surface area contributed by atoms with Crippen LogP contribution in [0.1, 0.15) is 27.6 Å². The molecule has 4 heteroatoms. The lowest BCUT2D eigenvalue weighted by Gasteiger charge is -2.35. The summed E-state index contributed by atoms with van der Waals surface area (Å²) >= 11 is 1.77. The predicted octanol–water partition coefficient (Wildman–Crippen LogP) is 4.64. The minimum absolute atomic E-state index is 0.00350. The molecule has 1 aromatic heterocycles. The van der Waals surface area contributed by atoms with Crippen LogP contribution in [-0.2, 0) is 11.2 Å². The van der Waals surface area contributed by atoms with E-state index in [1.165, 1.54) is 10.4 Å². The van der Waals surface area contributed by atoms with Gasteiger partial charge in [0.25, 0.3) is 0 Å². The standard InChI is InChI=1S/C22H19NO2S/c24-18-9-6-16(7-10-18)8-11-21(25)23-14-12-20-19(13-15-26-20)22(23)17-4-2-1-3-5-17/h1-11,13,15,22,24H,12,14H2/b11-8+. The normalized spacial score (nSPS) is 16.6. The van der Waals surface area contributed by atoms with Gasteiger partial charge in [0.15, 0.2) is 0 Å². The van der Waals surface area contributed by atoms with E-state index >= 15 is 0 Å². The third kappa shape index (κ3) is 3.28. The van der Waals surface area contributed by atoms with Gasteiger partial charge in [0.1, 0.15) is 5.75 Å². The Morgan fingerprint density at radius 2 is 1.85 bits per heavy atom. The summed E-state index contributed by atoms with van der Waals surface area (Å²) in [7, 11) is 0. The molecule has 0 saturated heterocycles. The van der Waals surface area contributed by atoms with E-state index in [1.54, 1.807) is 47.8 Å². The minimum Gasteiger partial charge on any atom is -0.508 e. The monoisotopic (exact) mass is 361 g/mol. The number of fused-ring (bicyclic) bond motifs is 1. The van der Waals surface area contributed by atoms with Crippen LogP contribution < -0.4 is 0 Å². The second kappa shape index (κ2) is 7.18. The van der Waals surface area contributed by atoms with E-state index in [0.717, 1.165) is 17.5 Å². The fourth-order valence-corrected chi connectivity index (χ4v) is 4.30. The maximum Gasteiger partial charge on any atom is 0.247 e. The van der Waals surface area contributed by atoms with Gasteiger partial charge in [-0.2, -0.15) is 0 Å². The van der Waals surface area contributed by atoms with Gasteiger partial charge in [0, 0.05) is 17.5 Å². The van der Waals surface area contributed by atoms with Crippen molar-refractivity contribution < 1.29 is 9.90 Å². The molecule has 1 atom stereocenters. The van der Waals surface area contributed by atoms with E-state index in [9.17, 15) is 9.90 Å². The molecule has 0 radical (unpaired) electrons. The maximum absolute atomic E-state index is 12.9. The lowest BCUT2D eigenvalue weighted by atomic mass is 9.93. The number of thiophene rings is 1. The number of phenolic OH excluding ortho intramolecular Hbond substituents is 1. The summed E-state index contributed by atoms with van der Waals surface area (Å²) in [5.74, 6) is 0.224. The van der Waals surface area contributed by atoms with Crippen LogP contribution in [0.4, 0.5) is 0 Å². The number of carbonyl (C=O) groups excluding carboxylic acids is 1. The fourth-order valence-electron chi connectivity index (χ4n) is 3.40. The summed E-state index contributed by atoms with van der Waals surface area (Å²) in [6, 6.07) is 19.1. The van der Waals surface area contributed by atoms with Crippen molar-refractivity contribution >= 4 is 23.3 Å². The fraction of sp³-hybridized carbons (Fsp3) is 0.136. The first-order valence-corrected chi connectivity index (χ1v) is 9.49. The lowest BCUT2D eigenvalue weighted by Crippen LogP contribution is -2.39. The molecule has 0 saturated carbocycles. The van der Waals surface area contributed by atoms with E-state index in [0.29, 0.717) is 6.54 Å². The van der Waals surface area contributed by atoms with E-state index in [2.05, 4.69) is 23.6 Å². The summed E-state index contributed by atoms with van der Waals surface area (Å²) in [6.07, 6.45) is 4.32. The molecular weight excluding hydrogens is 342 g/mol. The molecule has 3 nitrogen and oxygen atoms in total. The highest BCUT2D eigenvalue weighted by Crippen LogP contribution is 2.37. The average molecular weight is 361 g/mol. The minimum atomic E-state index is -0.0387. The van der Waals surface area contributed by atoms with Crippen molar-refractivity contribution in [1.29, 1.82) is 0 Å². The number of nitrogens with zero attached hydrogens (tertiary/aromatic N) is 1. The molecule has 0 fully saturated rings. The highest BCUT2D eigenvalue weighted by atomic mass is 32.1. The molecule has 2 heterocycles. The summed E-state index contributed by atoms with van der Waals surface area (Å²) in [5.41, 5.74) is 3.26. The quantitative estimate of drug-likeness (QED) is 0.690. The molecule has 4 rings (SSSR count). The average Bonchev–Trinajstić information content (AvgIpc) is 3.16. The van der Waals surface area contributed by atoms with Gasteiger partial charge in [-0.25, -0.2) is 0 Å². The van der Waals surface area contributed by atoms with E-state index in [-0.39, 0.29) is 17.7 Å². The number of benzene rings is 2. The van der Waals surface area contributed by atoms with E-state index < -0.39 is 0 Å². The lowest BCUT2D eigenvalue weighted by molar-refractivity contribution is -0.127. The second-order valence-corrected chi connectivity index (χ2v) is 7.32. The van der Waals surface area contributed by atoms with Crippen LogP contribution in [0, 0.1) is 0 Å². The molecule has 0 spiro atoms. The van der Waals surface area contributed by atoms with Gasteiger partial charge in [-0.3, -0.25) is 4.79 Å². The van der Waals surface area contributed by atoms with Crippen molar-refractivity contribution in [1.82, 2.24) is 4.90 Å². The molecule has 1 N–H and O–H groups in total. The number of aromatic hydroxyl groups is 1. The zero-order valence-electron chi connectivity index (χ0n) is 14.2. The van der Waals surface area contributed by atoms with Gasteiger partial charge in [-0.15, -0.1) is 11.3 Å². The molecule has 1 aliphatic rings. The third-order valence-corrected chi connectivity index (χ3v) is 5.67. The topological polar surface area (TPSA) is 40.5 Å². The van der Waals surface area contributed by atoms with Crippen molar-refractivity contribution in [2.75, 3.05) is 6.54 Å². The number of rotatable bonds is 3. The largest absolute Gasteiger partial charge is 0.508 e. The van der Waals surface area contributed by atoms with Gasteiger partial charge >= 0.3 is 0 Å². The maximum atomic E-state index is 12.9. The molecular formula is C22H19NO2S. The Balaban J connectivity index is 1.63. The number of amides is 1. The Morgan fingerprint density at radius 3 is 2.62 bits per heavy atom. The van der Waals surface area contributed by atoms with Gasteiger partial charge in [-0.05, 0) is 52.8 Å². The number of phenols is 1. The molecule has 1 unspecified atom stereocenters. The van der Waals surface area contributed by atoms with Gasteiger partial charge in [-0.1, -0.05) is 42.5 Å². The van der Waals surface area contributed by atoms with Crippen LogP contribution in [-0.4, -0.2) is 22.5 Å². The molecule has 0 aliphatic carbocycles.